The van der Waals surface area contributed by atoms with Crippen LogP contribution in [0, 0.1) is 10.1 Å². The minimum Gasteiger partial charge on any atom is -0.493 e. The van der Waals surface area contributed by atoms with E-state index in [0.29, 0.717) is 28.6 Å². The summed E-state index contributed by atoms with van der Waals surface area (Å²) < 4.78 is 15.8. The summed E-state index contributed by atoms with van der Waals surface area (Å²) in [6.45, 7) is 0. The van der Waals surface area contributed by atoms with E-state index in [2.05, 4.69) is 15.5 Å². The highest BCUT2D eigenvalue weighted by Gasteiger charge is 2.12. The second kappa shape index (κ2) is 7.77. The van der Waals surface area contributed by atoms with Gasteiger partial charge in [-0.1, -0.05) is 0 Å². The van der Waals surface area contributed by atoms with E-state index in [1.807, 2.05) is 0 Å². The molecule has 0 aliphatic rings. The van der Waals surface area contributed by atoms with Gasteiger partial charge in [0.2, 0.25) is 5.75 Å². The van der Waals surface area contributed by atoms with E-state index in [0.717, 1.165) is 6.20 Å². The molecule has 126 valence electrons. The zero-order valence-corrected chi connectivity index (χ0v) is 13.3. The fourth-order valence-electron chi connectivity index (χ4n) is 1.91. The molecule has 1 heterocycles. The number of methoxy groups -OCH3 is 3. The summed E-state index contributed by atoms with van der Waals surface area (Å²) in [5.41, 5.74) is 3.30. The average molecular weight is 332 g/mol. The number of hydrazone groups is 1. The van der Waals surface area contributed by atoms with Crippen LogP contribution in [0.25, 0.3) is 0 Å². The van der Waals surface area contributed by atoms with Crippen molar-refractivity contribution in [2.24, 2.45) is 5.10 Å². The summed E-state index contributed by atoms with van der Waals surface area (Å²) in [7, 11) is 4.57. The predicted molar refractivity (Wildman–Crippen MR) is 88.2 cm³/mol. The van der Waals surface area contributed by atoms with Crippen LogP contribution < -0.4 is 19.6 Å². The maximum Gasteiger partial charge on any atom is 0.287 e. The minimum absolute atomic E-state index is 0.0887. The van der Waals surface area contributed by atoms with Crippen molar-refractivity contribution in [1.29, 1.82) is 0 Å². The van der Waals surface area contributed by atoms with Crippen molar-refractivity contribution < 1.29 is 19.1 Å². The molecular weight excluding hydrogens is 316 g/mol. The molecule has 0 fully saturated rings. The van der Waals surface area contributed by atoms with E-state index in [-0.39, 0.29) is 5.69 Å². The van der Waals surface area contributed by atoms with Crippen LogP contribution in [0.4, 0.5) is 11.5 Å². The van der Waals surface area contributed by atoms with Crippen molar-refractivity contribution >= 4 is 17.7 Å². The minimum atomic E-state index is -0.518. The number of benzene rings is 1. The zero-order valence-electron chi connectivity index (χ0n) is 13.3. The molecule has 9 nitrogen and oxygen atoms in total. The number of pyridine rings is 1. The van der Waals surface area contributed by atoms with Gasteiger partial charge in [0.1, 0.15) is 12.0 Å². The third-order valence-electron chi connectivity index (χ3n) is 3.04. The third-order valence-corrected chi connectivity index (χ3v) is 3.04. The molecule has 1 aromatic carbocycles. The number of nitro groups is 1. The van der Waals surface area contributed by atoms with E-state index < -0.39 is 4.92 Å². The van der Waals surface area contributed by atoms with E-state index in [9.17, 15) is 10.1 Å². The fourth-order valence-corrected chi connectivity index (χ4v) is 1.91. The lowest BCUT2D eigenvalue weighted by molar-refractivity contribution is -0.385. The second-order valence-corrected chi connectivity index (χ2v) is 4.49. The summed E-state index contributed by atoms with van der Waals surface area (Å²) in [5, 5.41) is 14.6. The molecule has 0 aliphatic carbocycles. The van der Waals surface area contributed by atoms with Crippen LogP contribution in [0.15, 0.2) is 35.6 Å². The lowest BCUT2D eigenvalue weighted by atomic mass is 10.2. The van der Waals surface area contributed by atoms with Gasteiger partial charge in [-0.3, -0.25) is 15.5 Å². The van der Waals surface area contributed by atoms with Gasteiger partial charge in [0.05, 0.1) is 32.5 Å². The molecular formula is C15H16N4O5. The lowest BCUT2D eigenvalue weighted by Crippen LogP contribution is -1.98. The van der Waals surface area contributed by atoms with Crippen LogP contribution in [0.2, 0.25) is 0 Å². The Morgan fingerprint density at radius 3 is 2.29 bits per heavy atom. The number of hydrogen-bond acceptors (Lipinski definition) is 8. The Kier molecular flexibility index (Phi) is 5.50. The Labute approximate surface area is 138 Å². The van der Waals surface area contributed by atoms with Crippen molar-refractivity contribution in [3.8, 4) is 17.2 Å². The molecule has 0 amide bonds. The number of nitrogens with zero attached hydrogens (tertiary/aromatic N) is 3. The first kappa shape index (κ1) is 17.0. The summed E-state index contributed by atoms with van der Waals surface area (Å²) >= 11 is 0. The summed E-state index contributed by atoms with van der Waals surface area (Å²) in [5.74, 6) is 1.88. The van der Waals surface area contributed by atoms with Crippen molar-refractivity contribution in [3.05, 3.63) is 46.1 Å². The van der Waals surface area contributed by atoms with Crippen molar-refractivity contribution in [1.82, 2.24) is 4.98 Å². The highest BCUT2D eigenvalue weighted by molar-refractivity contribution is 5.83. The van der Waals surface area contributed by atoms with E-state index >= 15 is 0 Å². The molecule has 24 heavy (non-hydrogen) atoms. The fraction of sp³-hybridized carbons (Fsp3) is 0.200. The van der Waals surface area contributed by atoms with Crippen LogP contribution in [0.1, 0.15) is 5.56 Å². The topological polar surface area (TPSA) is 108 Å². The van der Waals surface area contributed by atoms with E-state index in [4.69, 9.17) is 14.2 Å². The maximum absolute atomic E-state index is 10.6. The van der Waals surface area contributed by atoms with Crippen LogP contribution in [0.5, 0.6) is 17.2 Å². The molecule has 1 aromatic heterocycles. The highest BCUT2D eigenvalue weighted by Crippen LogP contribution is 2.37. The number of nitrogens with one attached hydrogen (secondary N) is 1. The van der Waals surface area contributed by atoms with Crippen LogP contribution >= 0.6 is 0 Å². The quantitative estimate of drug-likeness (QED) is 0.471. The van der Waals surface area contributed by atoms with Gasteiger partial charge in [0, 0.05) is 11.6 Å². The maximum atomic E-state index is 10.6. The normalized spacial score (nSPS) is 10.5. The Morgan fingerprint density at radius 2 is 1.83 bits per heavy atom. The Morgan fingerprint density at radius 1 is 1.17 bits per heavy atom. The monoisotopic (exact) mass is 332 g/mol. The highest BCUT2D eigenvalue weighted by atomic mass is 16.6. The average Bonchev–Trinajstić information content (AvgIpc) is 2.61. The van der Waals surface area contributed by atoms with Gasteiger partial charge in [-0.15, -0.1) is 0 Å². The van der Waals surface area contributed by atoms with Crippen molar-refractivity contribution in [3.63, 3.8) is 0 Å². The SMILES string of the molecule is COc1cc(/C=N/Nc2ccc([N+](=O)[O-])cn2)cc(OC)c1OC. The molecule has 0 saturated carbocycles. The third kappa shape index (κ3) is 3.88. The van der Waals surface area contributed by atoms with Gasteiger partial charge in [-0.25, -0.2) is 4.98 Å². The van der Waals surface area contributed by atoms with Gasteiger partial charge in [0.25, 0.3) is 5.69 Å². The Hall–Kier alpha value is -3.36. The number of aromatic nitrogens is 1. The molecule has 2 rings (SSSR count). The summed E-state index contributed by atoms with van der Waals surface area (Å²) in [4.78, 5) is 13.9. The largest absolute Gasteiger partial charge is 0.493 e. The Bertz CT molecular complexity index is 721. The smallest absolute Gasteiger partial charge is 0.287 e. The molecule has 0 spiro atoms. The van der Waals surface area contributed by atoms with Crippen LogP contribution in [-0.2, 0) is 0 Å². The molecule has 1 N–H and O–H groups in total. The molecule has 0 atom stereocenters. The first-order valence-corrected chi connectivity index (χ1v) is 6.78. The Balaban J connectivity index is 2.15. The molecule has 9 heteroatoms. The molecule has 2 aromatic rings. The van der Waals surface area contributed by atoms with E-state index in [1.165, 1.54) is 39.7 Å². The lowest BCUT2D eigenvalue weighted by Gasteiger charge is -2.12. The van der Waals surface area contributed by atoms with Gasteiger partial charge < -0.3 is 14.2 Å². The molecule has 0 bridgehead atoms. The van der Waals surface area contributed by atoms with E-state index in [1.54, 1.807) is 12.1 Å². The molecule has 0 unspecified atom stereocenters. The van der Waals surface area contributed by atoms with Gasteiger partial charge >= 0.3 is 0 Å². The number of anilines is 1. The number of ether oxygens (including phenoxy) is 3. The molecule has 0 radical (unpaired) electrons. The standard InChI is InChI=1S/C15H16N4O5/c1-22-12-6-10(7-13(23-2)15(12)24-3)8-17-18-14-5-4-11(9-16-14)19(20)21/h4-9H,1-3H3,(H,16,18)/b17-8+. The summed E-state index contributed by atoms with van der Waals surface area (Å²) in [6, 6.07) is 6.26. The first-order valence-electron chi connectivity index (χ1n) is 6.78. The summed E-state index contributed by atoms with van der Waals surface area (Å²) in [6.07, 6.45) is 2.69. The van der Waals surface area contributed by atoms with Gasteiger partial charge in [-0.05, 0) is 18.2 Å². The van der Waals surface area contributed by atoms with Gasteiger partial charge in [-0.2, -0.15) is 5.10 Å². The molecule has 0 saturated heterocycles. The van der Waals surface area contributed by atoms with Crippen molar-refractivity contribution in [2.75, 3.05) is 26.8 Å². The number of hydrogen-bond donors (Lipinski definition) is 1. The van der Waals surface area contributed by atoms with Crippen LogP contribution in [-0.4, -0.2) is 37.5 Å². The number of rotatable bonds is 7. The zero-order chi connectivity index (χ0) is 17.5. The van der Waals surface area contributed by atoms with Crippen molar-refractivity contribution in [2.45, 2.75) is 0 Å². The molecule has 0 aliphatic heterocycles. The van der Waals surface area contributed by atoms with Gasteiger partial charge in [0.15, 0.2) is 11.5 Å². The second-order valence-electron chi connectivity index (χ2n) is 4.49. The first-order chi connectivity index (χ1) is 11.6. The predicted octanol–water partition coefficient (Wildman–Crippen LogP) is 2.46. The van der Waals surface area contributed by atoms with Crippen LogP contribution in [0.3, 0.4) is 0 Å².